The van der Waals surface area contributed by atoms with Crippen LogP contribution in [0.3, 0.4) is 0 Å². The van der Waals surface area contributed by atoms with Crippen LogP contribution in [0.2, 0.25) is 5.02 Å². The molecule has 0 radical (unpaired) electrons. The molecule has 0 aliphatic heterocycles. The van der Waals surface area contributed by atoms with Crippen molar-refractivity contribution in [3.8, 4) is 6.07 Å². The first-order chi connectivity index (χ1) is 9.13. The molecule has 2 aromatic carbocycles. The van der Waals surface area contributed by atoms with Crippen molar-refractivity contribution in [2.75, 3.05) is 11.9 Å². The maximum atomic E-state index is 9.21. The zero-order chi connectivity index (χ0) is 13.8. The summed E-state index contributed by atoms with van der Waals surface area (Å²) in [5.74, 6) is 0. The fourth-order valence-electron chi connectivity index (χ4n) is 2.22. The van der Waals surface area contributed by atoms with Gasteiger partial charge in [0.1, 0.15) is 6.07 Å². The summed E-state index contributed by atoms with van der Waals surface area (Å²) in [5, 5.41) is 9.96. The van der Waals surface area contributed by atoms with E-state index in [0.717, 1.165) is 21.8 Å². The molecule has 0 fully saturated rings. The van der Waals surface area contributed by atoms with Gasteiger partial charge in [0.2, 0.25) is 0 Å². The van der Waals surface area contributed by atoms with Crippen molar-refractivity contribution in [3.63, 3.8) is 0 Å². The summed E-state index contributed by atoms with van der Waals surface area (Å²) < 4.78 is 0. The summed E-state index contributed by atoms with van der Waals surface area (Å²) in [6.45, 7) is 2.69. The Morgan fingerprint density at radius 1 is 1.16 bits per heavy atom. The van der Waals surface area contributed by atoms with Gasteiger partial charge in [-0.1, -0.05) is 41.9 Å². The van der Waals surface area contributed by atoms with E-state index >= 15 is 0 Å². The Labute approximate surface area is 118 Å². The fourth-order valence-corrected chi connectivity index (χ4v) is 2.41. The minimum Gasteiger partial charge on any atom is -0.369 e. The van der Waals surface area contributed by atoms with Crippen LogP contribution in [0.15, 0.2) is 42.5 Å². The van der Waals surface area contributed by atoms with Gasteiger partial charge < -0.3 is 4.90 Å². The average Bonchev–Trinajstić information content (AvgIpc) is 2.40. The number of hydrogen-bond acceptors (Lipinski definition) is 2. The molecule has 0 aromatic heterocycles. The van der Waals surface area contributed by atoms with Gasteiger partial charge in [-0.3, -0.25) is 0 Å². The highest BCUT2D eigenvalue weighted by Crippen LogP contribution is 2.26. The molecule has 0 N–H and O–H groups in total. The van der Waals surface area contributed by atoms with Crippen molar-refractivity contribution in [2.45, 2.75) is 13.5 Å². The SMILES string of the molecule is Cc1cccc(C#N)c1N(C)Cc1ccccc1Cl. The largest absolute Gasteiger partial charge is 0.369 e. The van der Waals surface area contributed by atoms with E-state index in [0.29, 0.717) is 12.1 Å². The summed E-state index contributed by atoms with van der Waals surface area (Å²) in [6, 6.07) is 15.8. The van der Waals surface area contributed by atoms with Crippen LogP contribution >= 0.6 is 11.6 Å². The molecule has 2 nitrogen and oxygen atoms in total. The molecule has 0 amide bonds. The number of rotatable bonds is 3. The van der Waals surface area contributed by atoms with Gasteiger partial charge >= 0.3 is 0 Å². The van der Waals surface area contributed by atoms with E-state index in [1.54, 1.807) is 0 Å². The Kier molecular flexibility index (Phi) is 4.09. The normalized spacial score (nSPS) is 10.0. The van der Waals surface area contributed by atoms with E-state index in [-0.39, 0.29) is 0 Å². The molecule has 2 rings (SSSR count). The summed E-state index contributed by atoms with van der Waals surface area (Å²) in [7, 11) is 1.98. The monoisotopic (exact) mass is 270 g/mol. The molecule has 0 heterocycles. The molecule has 0 spiro atoms. The van der Waals surface area contributed by atoms with Crippen LogP contribution in [-0.4, -0.2) is 7.05 Å². The van der Waals surface area contributed by atoms with Crippen LogP contribution in [0.4, 0.5) is 5.69 Å². The smallest absolute Gasteiger partial charge is 0.101 e. The minimum atomic E-state index is 0.680. The molecule has 2 aromatic rings. The predicted molar refractivity (Wildman–Crippen MR) is 79.5 cm³/mol. The molecule has 19 heavy (non-hydrogen) atoms. The molecule has 0 unspecified atom stereocenters. The van der Waals surface area contributed by atoms with E-state index in [1.165, 1.54) is 0 Å². The number of aryl methyl sites for hydroxylation is 1. The van der Waals surface area contributed by atoms with Crippen LogP contribution < -0.4 is 4.90 Å². The molecule has 0 bridgehead atoms. The van der Waals surface area contributed by atoms with Gasteiger partial charge in [0, 0.05) is 18.6 Å². The van der Waals surface area contributed by atoms with Crippen LogP contribution in [0.5, 0.6) is 0 Å². The van der Waals surface area contributed by atoms with Gasteiger partial charge in [-0.05, 0) is 30.2 Å². The van der Waals surface area contributed by atoms with Crippen molar-refractivity contribution >= 4 is 17.3 Å². The Hall–Kier alpha value is -1.98. The van der Waals surface area contributed by atoms with Gasteiger partial charge in [0.25, 0.3) is 0 Å². The van der Waals surface area contributed by atoms with Crippen LogP contribution in [0.25, 0.3) is 0 Å². The number of hydrogen-bond donors (Lipinski definition) is 0. The van der Waals surface area contributed by atoms with Crippen LogP contribution in [0, 0.1) is 18.3 Å². The predicted octanol–water partition coefficient (Wildman–Crippen LogP) is 4.16. The highest BCUT2D eigenvalue weighted by Gasteiger charge is 2.11. The van der Waals surface area contributed by atoms with Crippen molar-refractivity contribution in [1.29, 1.82) is 5.26 Å². The fraction of sp³-hybridized carbons (Fsp3) is 0.188. The highest BCUT2D eigenvalue weighted by molar-refractivity contribution is 6.31. The zero-order valence-electron chi connectivity index (χ0n) is 11.0. The first kappa shape index (κ1) is 13.5. The third kappa shape index (κ3) is 2.89. The van der Waals surface area contributed by atoms with Crippen molar-refractivity contribution in [1.82, 2.24) is 0 Å². The maximum absolute atomic E-state index is 9.21. The van der Waals surface area contributed by atoms with Gasteiger partial charge in [-0.25, -0.2) is 0 Å². The summed E-state index contributed by atoms with van der Waals surface area (Å²) in [6.07, 6.45) is 0. The number of nitriles is 1. The molecule has 0 aliphatic rings. The third-order valence-corrected chi connectivity index (χ3v) is 3.47. The van der Waals surface area contributed by atoms with Crippen LogP contribution in [-0.2, 0) is 6.54 Å². The maximum Gasteiger partial charge on any atom is 0.101 e. The van der Waals surface area contributed by atoms with E-state index in [4.69, 9.17) is 11.6 Å². The second kappa shape index (κ2) is 5.77. The lowest BCUT2D eigenvalue weighted by atomic mass is 10.1. The zero-order valence-corrected chi connectivity index (χ0v) is 11.8. The first-order valence-corrected chi connectivity index (χ1v) is 6.45. The quantitative estimate of drug-likeness (QED) is 0.837. The third-order valence-electron chi connectivity index (χ3n) is 3.11. The number of nitrogens with zero attached hydrogens (tertiary/aromatic N) is 2. The van der Waals surface area contributed by atoms with Crippen LogP contribution in [0.1, 0.15) is 16.7 Å². The molecule has 96 valence electrons. The second-order valence-corrected chi connectivity index (χ2v) is 4.94. The molecule has 0 atom stereocenters. The standard InChI is InChI=1S/C16H15ClN2/c1-12-6-5-8-13(10-18)16(12)19(2)11-14-7-3-4-9-15(14)17/h3-9H,11H2,1-2H3. The number of halogens is 1. The second-order valence-electron chi connectivity index (χ2n) is 4.53. The van der Waals surface area contributed by atoms with E-state index in [9.17, 15) is 5.26 Å². The Balaban J connectivity index is 2.34. The van der Waals surface area contributed by atoms with E-state index in [1.807, 2.05) is 56.4 Å². The van der Waals surface area contributed by atoms with Gasteiger partial charge in [-0.15, -0.1) is 0 Å². The van der Waals surface area contributed by atoms with Gasteiger partial charge in [0.05, 0.1) is 11.3 Å². The highest BCUT2D eigenvalue weighted by atomic mass is 35.5. The minimum absolute atomic E-state index is 0.680. The summed E-state index contributed by atoms with van der Waals surface area (Å²) >= 11 is 6.18. The molecule has 0 saturated heterocycles. The lowest BCUT2D eigenvalue weighted by Crippen LogP contribution is -2.18. The van der Waals surface area contributed by atoms with E-state index < -0.39 is 0 Å². The average molecular weight is 271 g/mol. The topological polar surface area (TPSA) is 27.0 Å². The molecule has 3 heteroatoms. The Morgan fingerprint density at radius 3 is 2.58 bits per heavy atom. The van der Waals surface area contributed by atoms with Crippen molar-refractivity contribution < 1.29 is 0 Å². The lowest BCUT2D eigenvalue weighted by Gasteiger charge is -2.23. The Morgan fingerprint density at radius 2 is 1.89 bits per heavy atom. The number of anilines is 1. The van der Waals surface area contributed by atoms with Crippen molar-refractivity contribution in [2.24, 2.45) is 0 Å². The number of benzene rings is 2. The molecular formula is C16H15ClN2. The van der Waals surface area contributed by atoms with Gasteiger partial charge in [0.15, 0.2) is 0 Å². The molecule has 0 saturated carbocycles. The lowest BCUT2D eigenvalue weighted by molar-refractivity contribution is 0.915. The summed E-state index contributed by atoms with van der Waals surface area (Å²) in [5.41, 5.74) is 3.80. The molecular weight excluding hydrogens is 256 g/mol. The molecule has 0 aliphatic carbocycles. The first-order valence-electron chi connectivity index (χ1n) is 6.07. The van der Waals surface area contributed by atoms with Gasteiger partial charge in [-0.2, -0.15) is 5.26 Å². The summed E-state index contributed by atoms with van der Waals surface area (Å²) in [4.78, 5) is 2.06. The number of para-hydroxylation sites is 1. The van der Waals surface area contributed by atoms with Crippen molar-refractivity contribution in [3.05, 3.63) is 64.2 Å². The van der Waals surface area contributed by atoms with E-state index in [2.05, 4.69) is 11.0 Å². The Bertz CT molecular complexity index is 629.